The highest BCUT2D eigenvalue weighted by atomic mass is 19.1. The van der Waals surface area contributed by atoms with Gasteiger partial charge in [-0.15, -0.1) is 0 Å². The monoisotopic (exact) mass is 346 g/mol. The second-order valence-electron chi connectivity index (χ2n) is 6.92. The molecule has 0 saturated heterocycles. The molecule has 0 aliphatic heterocycles. The van der Waals surface area contributed by atoms with Crippen molar-refractivity contribution < 1.29 is 4.39 Å². The van der Waals surface area contributed by atoms with E-state index in [1.54, 1.807) is 6.07 Å². The first kappa shape index (κ1) is 18.4. The van der Waals surface area contributed by atoms with Crippen molar-refractivity contribution >= 4 is 0 Å². The minimum atomic E-state index is -0.106. The van der Waals surface area contributed by atoms with Gasteiger partial charge < -0.3 is 0 Å². The van der Waals surface area contributed by atoms with Crippen LogP contribution in [-0.2, 0) is 25.7 Å². The molecular weight excluding hydrogens is 319 g/mol. The summed E-state index contributed by atoms with van der Waals surface area (Å²) in [7, 11) is 0. The maximum Gasteiger partial charge on any atom is 0.127 e. The fourth-order valence-electron chi connectivity index (χ4n) is 3.30. The number of benzene rings is 3. The summed E-state index contributed by atoms with van der Waals surface area (Å²) < 4.78 is 14.6. The molecule has 0 nitrogen and oxygen atoms in total. The third kappa shape index (κ3) is 4.60. The minimum absolute atomic E-state index is 0.106. The van der Waals surface area contributed by atoms with Gasteiger partial charge in [0.2, 0.25) is 0 Å². The Morgan fingerprint density at radius 3 is 1.81 bits per heavy atom. The van der Waals surface area contributed by atoms with Crippen molar-refractivity contribution in [1.29, 1.82) is 0 Å². The summed E-state index contributed by atoms with van der Waals surface area (Å²) in [6, 6.07) is 22.8. The van der Waals surface area contributed by atoms with Gasteiger partial charge >= 0.3 is 0 Å². The normalized spacial score (nSPS) is 10.9. The van der Waals surface area contributed by atoms with E-state index >= 15 is 0 Å². The number of hydrogen-bond acceptors (Lipinski definition) is 0. The largest absolute Gasteiger partial charge is 0.207 e. The van der Waals surface area contributed by atoms with Crippen molar-refractivity contribution in [1.82, 2.24) is 0 Å². The fourth-order valence-corrected chi connectivity index (χ4v) is 3.30. The van der Waals surface area contributed by atoms with E-state index in [1.807, 2.05) is 12.1 Å². The van der Waals surface area contributed by atoms with E-state index in [2.05, 4.69) is 62.4 Å². The molecule has 0 aliphatic rings. The number of aryl methyl sites for hydroxylation is 4. The predicted molar refractivity (Wildman–Crippen MR) is 109 cm³/mol. The molecule has 0 atom stereocenters. The van der Waals surface area contributed by atoms with Gasteiger partial charge in [0.25, 0.3) is 0 Å². The van der Waals surface area contributed by atoms with Gasteiger partial charge in [-0.1, -0.05) is 80.9 Å². The van der Waals surface area contributed by atoms with E-state index in [9.17, 15) is 4.39 Å². The Morgan fingerprint density at radius 1 is 0.615 bits per heavy atom. The number of rotatable bonds is 7. The molecule has 0 aromatic heterocycles. The third-order valence-corrected chi connectivity index (χ3v) is 4.99. The van der Waals surface area contributed by atoms with Crippen molar-refractivity contribution in [2.75, 3.05) is 0 Å². The van der Waals surface area contributed by atoms with Crippen LogP contribution in [0.15, 0.2) is 66.7 Å². The molecule has 0 amide bonds. The van der Waals surface area contributed by atoms with Crippen LogP contribution < -0.4 is 0 Å². The average Bonchev–Trinajstić information content (AvgIpc) is 2.68. The van der Waals surface area contributed by atoms with Crippen molar-refractivity contribution in [2.45, 2.75) is 46.0 Å². The van der Waals surface area contributed by atoms with Crippen LogP contribution in [0.3, 0.4) is 0 Å². The van der Waals surface area contributed by atoms with Crippen molar-refractivity contribution in [3.05, 3.63) is 94.8 Å². The summed E-state index contributed by atoms with van der Waals surface area (Å²) >= 11 is 0. The molecule has 26 heavy (non-hydrogen) atoms. The fraction of sp³-hybridized carbons (Fsp3) is 0.280. The highest BCUT2D eigenvalue weighted by Crippen LogP contribution is 2.23. The molecule has 0 saturated carbocycles. The smallest absolute Gasteiger partial charge is 0.127 e. The Bertz CT molecular complexity index is 829. The van der Waals surface area contributed by atoms with Crippen molar-refractivity contribution in [3.8, 4) is 11.1 Å². The van der Waals surface area contributed by atoms with Crippen LogP contribution in [0.1, 0.15) is 42.5 Å². The summed E-state index contributed by atoms with van der Waals surface area (Å²) in [5, 5.41) is 0. The van der Waals surface area contributed by atoms with Gasteiger partial charge in [0, 0.05) is 0 Å². The zero-order valence-corrected chi connectivity index (χ0v) is 15.8. The maximum atomic E-state index is 14.6. The van der Waals surface area contributed by atoms with E-state index in [4.69, 9.17) is 0 Å². The molecule has 0 bridgehead atoms. The van der Waals surface area contributed by atoms with Crippen LogP contribution in [0.2, 0.25) is 0 Å². The third-order valence-electron chi connectivity index (χ3n) is 4.99. The van der Waals surface area contributed by atoms with E-state index < -0.39 is 0 Å². The van der Waals surface area contributed by atoms with Crippen LogP contribution in [0.5, 0.6) is 0 Å². The molecule has 0 N–H and O–H groups in total. The first-order valence-corrected chi connectivity index (χ1v) is 9.65. The zero-order chi connectivity index (χ0) is 18.4. The lowest BCUT2D eigenvalue weighted by atomic mass is 9.98. The van der Waals surface area contributed by atoms with Crippen LogP contribution in [0.25, 0.3) is 11.1 Å². The molecule has 0 heterocycles. The molecule has 3 aromatic carbocycles. The Morgan fingerprint density at radius 2 is 1.19 bits per heavy atom. The van der Waals surface area contributed by atoms with E-state index in [1.165, 1.54) is 16.7 Å². The Hall–Kier alpha value is -2.41. The van der Waals surface area contributed by atoms with Crippen LogP contribution >= 0.6 is 0 Å². The SMILES string of the molecule is CCCc1ccc(-c2ccc(CCc3ccc(CC)cc3)c(F)c2)cc1. The van der Waals surface area contributed by atoms with Gasteiger partial charge in [-0.3, -0.25) is 0 Å². The Balaban J connectivity index is 1.68. The van der Waals surface area contributed by atoms with Crippen molar-refractivity contribution in [3.63, 3.8) is 0 Å². The summed E-state index contributed by atoms with van der Waals surface area (Å²) in [5.41, 5.74) is 6.75. The average molecular weight is 346 g/mol. The summed E-state index contributed by atoms with van der Waals surface area (Å²) in [6.07, 6.45) is 4.88. The lowest BCUT2D eigenvalue weighted by Crippen LogP contribution is -1.96. The molecule has 3 aromatic rings. The number of halogens is 1. The van der Waals surface area contributed by atoms with Gasteiger partial charge in [0.1, 0.15) is 5.82 Å². The topological polar surface area (TPSA) is 0 Å². The van der Waals surface area contributed by atoms with E-state index in [0.717, 1.165) is 48.8 Å². The van der Waals surface area contributed by atoms with Gasteiger partial charge in [-0.25, -0.2) is 4.39 Å². The Kier molecular flexibility index (Phi) is 6.22. The minimum Gasteiger partial charge on any atom is -0.207 e. The lowest BCUT2D eigenvalue weighted by Gasteiger charge is -2.08. The quantitative estimate of drug-likeness (QED) is 0.441. The van der Waals surface area contributed by atoms with Gasteiger partial charge in [-0.05, 0) is 65.1 Å². The summed E-state index contributed by atoms with van der Waals surface area (Å²) in [6.45, 7) is 4.34. The highest BCUT2D eigenvalue weighted by molar-refractivity contribution is 5.64. The van der Waals surface area contributed by atoms with Crippen molar-refractivity contribution in [2.24, 2.45) is 0 Å². The van der Waals surface area contributed by atoms with Crippen LogP contribution in [0, 0.1) is 5.82 Å². The summed E-state index contributed by atoms with van der Waals surface area (Å²) in [5.74, 6) is -0.106. The second-order valence-corrected chi connectivity index (χ2v) is 6.92. The second kappa shape index (κ2) is 8.80. The van der Waals surface area contributed by atoms with Gasteiger partial charge in [0.05, 0.1) is 0 Å². The standard InChI is InChI=1S/C25H27F/c1-3-5-20-10-13-22(14-11-20)24-17-16-23(25(26)18-24)15-12-21-8-6-19(4-2)7-9-21/h6-11,13-14,16-18H,3-5,12,15H2,1-2H3. The first-order chi connectivity index (χ1) is 12.7. The number of hydrogen-bond donors (Lipinski definition) is 0. The molecular formula is C25H27F. The van der Waals surface area contributed by atoms with Crippen LogP contribution in [-0.4, -0.2) is 0 Å². The molecule has 0 fully saturated rings. The molecule has 0 unspecified atom stereocenters. The van der Waals surface area contributed by atoms with E-state index in [-0.39, 0.29) is 5.82 Å². The molecule has 0 spiro atoms. The van der Waals surface area contributed by atoms with Gasteiger partial charge in [0.15, 0.2) is 0 Å². The maximum absolute atomic E-state index is 14.6. The highest BCUT2D eigenvalue weighted by Gasteiger charge is 2.06. The lowest BCUT2D eigenvalue weighted by molar-refractivity contribution is 0.609. The molecule has 1 heteroatoms. The van der Waals surface area contributed by atoms with Crippen LogP contribution in [0.4, 0.5) is 4.39 Å². The molecule has 3 rings (SSSR count). The van der Waals surface area contributed by atoms with E-state index in [0.29, 0.717) is 0 Å². The first-order valence-electron chi connectivity index (χ1n) is 9.65. The summed E-state index contributed by atoms with van der Waals surface area (Å²) in [4.78, 5) is 0. The van der Waals surface area contributed by atoms with Gasteiger partial charge in [-0.2, -0.15) is 0 Å². The Labute approximate surface area is 156 Å². The molecule has 134 valence electrons. The predicted octanol–water partition coefficient (Wildman–Crippen LogP) is 6.79. The molecule has 0 aliphatic carbocycles. The molecule has 0 radical (unpaired) electrons. The zero-order valence-electron chi connectivity index (χ0n) is 15.8.